The quantitative estimate of drug-likeness (QED) is 0.665. The van der Waals surface area contributed by atoms with Gasteiger partial charge >= 0.3 is 11.7 Å². The van der Waals surface area contributed by atoms with Crippen molar-refractivity contribution in [3.63, 3.8) is 0 Å². The van der Waals surface area contributed by atoms with Crippen LogP contribution in [-0.2, 0) is 6.61 Å². The largest absolute Gasteiger partial charge is 0.479 e. The van der Waals surface area contributed by atoms with Crippen LogP contribution in [0.15, 0.2) is 34.7 Å². The lowest BCUT2D eigenvalue weighted by atomic mass is 10.2. The molecule has 0 spiro atoms. The van der Waals surface area contributed by atoms with Crippen molar-refractivity contribution < 1.29 is 24.0 Å². The van der Waals surface area contributed by atoms with Crippen LogP contribution in [0.2, 0.25) is 0 Å². The van der Waals surface area contributed by atoms with Crippen LogP contribution in [0.1, 0.15) is 21.9 Å². The monoisotopic (exact) mass is 277 g/mol. The number of rotatable bonds is 5. The molecule has 7 heteroatoms. The van der Waals surface area contributed by atoms with Crippen LogP contribution in [0.3, 0.4) is 0 Å². The number of carboxylic acid groups (broad SMARTS) is 1. The van der Waals surface area contributed by atoms with Crippen molar-refractivity contribution in [2.24, 2.45) is 0 Å². The van der Waals surface area contributed by atoms with Crippen molar-refractivity contribution >= 4 is 11.7 Å². The Kier molecular flexibility index (Phi) is 3.69. The fourth-order valence-electron chi connectivity index (χ4n) is 1.71. The number of nitrogens with zero attached hydrogens (tertiary/aromatic N) is 1. The highest BCUT2D eigenvalue weighted by Gasteiger charge is 2.17. The van der Waals surface area contributed by atoms with Gasteiger partial charge in [0.2, 0.25) is 5.76 Å². The molecular weight excluding hydrogens is 266 g/mol. The van der Waals surface area contributed by atoms with Crippen LogP contribution in [0.5, 0.6) is 5.75 Å². The Bertz CT molecular complexity index is 661. The molecule has 1 heterocycles. The summed E-state index contributed by atoms with van der Waals surface area (Å²) in [5.74, 6) is -0.938. The van der Waals surface area contributed by atoms with E-state index >= 15 is 0 Å². The maximum absolute atomic E-state index is 10.8. The van der Waals surface area contributed by atoms with E-state index in [4.69, 9.17) is 14.3 Å². The minimum absolute atomic E-state index is 0.0844. The van der Waals surface area contributed by atoms with Crippen LogP contribution in [0.4, 0.5) is 5.69 Å². The second-order valence-electron chi connectivity index (χ2n) is 4.04. The van der Waals surface area contributed by atoms with Crippen LogP contribution in [0, 0.1) is 17.0 Å². The molecule has 0 radical (unpaired) electrons. The van der Waals surface area contributed by atoms with Gasteiger partial charge in [-0.15, -0.1) is 0 Å². The second kappa shape index (κ2) is 5.43. The maximum atomic E-state index is 10.8. The molecule has 0 atom stereocenters. The maximum Gasteiger partial charge on any atom is 0.372 e. The van der Waals surface area contributed by atoms with E-state index < -0.39 is 10.9 Å². The van der Waals surface area contributed by atoms with Crippen molar-refractivity contribution in [1.29, 1.82) is 0 Å². The summed E-state index contributed by atoms with van der Waals surface area (Å²) in [6.45, 7) is 1.51. The van der Waals surface area contributed by atoms with Gasteiger partial charge in [-0.1, -0.05) is 12.1 Å². The van der Waals surface area contributed by atoms with Gasteiger partial charge < -0.3 is 14.3 Å². The minimum Gasteiger partial charge on any atom is -0.479 e. The number of hydrogen-bond acceptors (Lipinski definition) is 5. The molecule has 0 aliphatic rings. The van der Waals surface area contributed by atoms with Gasteiger partial charge in [0, 0.05) is 11.6 Å². The van der Waals surface area contributed by atoms with E-state index in [0.717, 1.165) is 0 Å². The summed E-state index contributed by atoms with van der Waals surface area (Å²) < 4.78 is 10.4. The lowest BCUT2D eigenvalue weighted by molar-refractivity contribution is -0.386. The Labute approximate surface area is 113 Å². The van der Waals surface area contributed by atoms with Gasteiger partial charge in [-0.05, 0) is 19.1 Å². The van der Waals surface area contributed by atoms with Gasteiger partial charge in [0.15, 0.2) is 5.75 Å². The molecule has 1 aromatic carbocycles. The summed E-state index contributed by atoms with van der Waals surface area (Å²) in [5.41, 5.74) is 0.313. The van der Waals surface area contributed by atoms with Gasteiger partial charge in [-0.2, -0.15) is 0 Å². The smallest absolute Gasteiger partial charge is 0.372 e. The number of aromatic carboxylic acids is 1. The van der Waals surface area contributed by atoms with Crippen molar-refractivity contribution in [1.82, 2.24) is 0 Å². The summed E-state index contributed by atoms with van der Waals surface area (Å²) in [7, 11) is 0. The summed E-state index contributed by atoms with van der Waals surface area (Å²) in [6.07, 6.45) is 0. The molecule has 0 amide bonds. The Morgan fingerprint density at radius 2 is 2.15 bits per heavy atom. The van der Waals surface area contributed by atoms with Crippen LogP contribution >= 0.6 is 0 Å². The zero-order valence-corrected chi connectivity index (χ0v) is 10.5. The van der Waals surface area contributed by atoms with E-state index in [9.17, 15) is 14.9 Å². The molecule has 2 aromatic rings. The van der Waals surface area contributed by atoms with Crippen molar-refractivity contribution in [3.8, 4) is 5.75 Å². The number of hydrogen-bond donors (Lipinski definition) is 1. The first-order chi connectivity index (χ1) is 9.49. The molecule has 0 bridgehead atoms. The van der Waals surface area contributed by atoms with E-state index in [2.05, 4.69) is 0 Å². The predicted molar refractivity (Wildman–Crippen MR) is 67.8 cm³/mol. The molecular formula is C13H11NO6. The molecule has 7 nitrogen and oxygen atoms in total. The van der Waals surface area contributed by atoms with Gasteiger partial charge in [0.1, 0.15) is 12.4 Å². The third-order valence-electron chi connectivity index (χ3n) is 2.59. The number of nitro groups is 1. The highest BCUT2D eigenvalue weighted by atomic mass is 16.6. The van der Waals surface area contributed by atoms with E-state index in [1.54, 1.807) is 13.0 Å². The van der Waals surface area contributed by atoms with Gasteiger partial charge in [-0.25, -0.2) is 4.79 Å². The molecule has 0 aliphatic carbocycles. The third kappa shape index (κ3) is 2.77. The zero-order valence-electron chi connectivity index (χ0n) is 10.5. The lowest BCUT2D eigenvalue weighted by Crippen LogP contribution is -1.98. The average Bonchev–Trinajstić information content (AvgIpc) is 2.78. The van der Waals surface area contributed by atoms with Crippen molar-refractivity contribution in [2.75, 3.05) is 0 Å². The molecule has 2 rings (SSSR count). The number of furan rings is 1. The number of para-hydroxylation sites is 2. The summed E-state index contributed by atoms with van der Waals surface area (Å²) in [5, 5.41) is 19.7. The van der Waals surface area contributed by atoms with Crippen LogP contribution in [-0.4, -0.2) is 16.0 Å². The molecule has 1 aromatic heterocycles. The second-order valence-corrected chi connectivity index (χ2v) is 4.04. The molecule has 0 fully saturated rings. The minimum atomic E-state index is -1.17. The van der Waals surface area contributed by atoms with Crippen molar-refractivity contribution in [3.05, 3.63) is 57.5 Å². The first-order valence-corrected chi connectivity index (χ1v) is 5.68. The average molecular weight is 277 g/mol. The first kappa shape index (κ1) is 13.6. The highest BCUT2D eigenvalue weighted by molar-refractivity contribution is 5.86. The van der Waals surface area contributed by atoms with Crippen molar-refractivity contribution in [2.45, 2.75) is 13.5 Å². The summed E-state index contributed by atoms with van der Waals surface area (Å²) in [4.78, 5) is 21.1. The third-order valence-corrected chi connectivity index (χ3v) is 2.59. The predicted octanol–water partition coefficient (Wildman–Crippen LogP) is 2.77. The Hall–Kier alpha value is -2.83. The molecule has 20 heavy (non-hydrogen) atoms. The van der Waals surface area contributed by atoms with Crippen LogP contribution < -0.4 is 4.74 Å². The van der Waals surface area contributed by atoms with Gasteiger partial charge in [0.05, 0.1) is 4.92 Å². The van der Waals surface area contributed by atoms with E-state index in [1.807, 2.05) is 0 Å². The topological polar surface area (TPSA) is 103 Å². The molecule has 104 valence electrons. The number of aryl methyl sites for hydroxylation is 1. The van der Waals surface area contributed by atoms with Gasteiger partial charge in [0.25, 0.3) is 0 Å². The Balaban J connectivity index is 2.15. The van der Waals surface area contributed by atoms with E-state index in [0.29, 0.717) is 5.56 Å². The summed E-state index contributed by atoms with van der Waals surface area (Å²) in [6, 6.07) is 7.46. The van der Waals surface area contributed by atoms with E-state index in [1.165, 1.54) is 24.3 Å². The molecule has 1 N–H and O–H groups in total. The Morgan fingerprint density at radius 1 is 1.45 bits per heavy atom. The lowest BCUT2D eigenvalue weighted by Gasteiger charge is -2.04. The number of carbonyl (C=O) groups is 1. The molecule has 0 aliphatic heterocycles. The number of benzene rings is 1. The number of carboxylic acids is 1. The fraction of sp³-hybridized carbons (Fsp3) is 0.154. The molecule has 0 saturated carbocycles. The standard InChI is InChI=1S/C13H11NO6/c1-8-6-9(20-12(8)13(15)16)7-19-11-5-3-2-4-10(11)14(17)18/h2-6H,7H2,1H3,(H,15,16). The summed E-state index contributed by atoms with van der Waals surface area (Å²) >= 11 is 0. The first-order valence-electron chi connectivity index (χ1n) is 5.68. The fourth-order valence-corrected chi connectivity index (χ4v) is 1.71. The normalized spacial score (nSPS) is 10.2. The highest BCUT2D eigenvalue weighted by Crippen LogP contribution is 2.27. The van der Waals surface area contributed by atoms with Crippen LogP contribution in [0.25, 0.3) is 0 Å². The number of ether oxygens (including phenoxy) is 1. The zero-order chi connectivity index (χ0) is 14.7. The van der Waals surface area contributed by atoms with E-state index in [-0.39, 0.29) is 29.6 Å². The Morgan fingerprint density at radius 3 is 2.75 bits per heavy atom. The number of nitro benzene ring substituents is 1. The molecule has 0 saturated heterocycles. The van der Waals surface area contributed by atoms with Gasteiger partial charge in [-0.3, -0.25) is 10.1 Å². The molecule has 0 unspecified atom stereocenters. The SMILES string of the molecule is Cc1cc(COc2ccccc2[N+](=O)[O-])oc1C(=O)O.